The Hall–Kier alpha value is -0.320. The zero-order valence-corrected chi connectivity index (χ0v) is 11.3. The second-order valence-corrected chi connectivity index (χ2v) is 4.35. The molecule has 16 heavy (non-hydrogen) atoms. The predicted octanol–water partition coefficient (Wildman–Crippen LogP) is 1.04. The molecule has 0 rings (SSSR count). The smallest absolute Gasteiger partial charge is 0.223 e. The van der Waals surface area contributed by atoms with Crippen LogP contribution in [-0.4, -0.2) is 69.0 Å². The Morgan fingerprint density at radius 3 is 2.44 bits per heavy atom. The number of amides is 1. The number of alkyl halides is 1. The van der Waals surface area contributed by atoms with Crippen molar-refractivity contribution in [3.05, 3.63) is 0 Å². The van der Waals surface area contributed by atoms with Crippen LogP contribution in [0, 0.1) is 0 Å². The van der Waals surface area contributed by atoms with Crippen molar-refractivity contribution in [2.24, 2.45) is 0 Å². The molecule has 96 valence electrons. The van der Waals surface area contributed by atoms with Gasteiger partial charge in [-0.3, -0.25) is 4.79 Å². The van der Waals surface area contributed by atoms with Gasteiger partial charge in [-0.05, 0) is 27.1 Å². The molecule has 0 saturated heterocycles. The highest BCUT2D eigenvalue weighted by Crippen LogP contribution is 1.99. The molecule has 0 radical (unpaired) electrons. The summed E-state index contributed by atoms with van der Waals surface area (Å²) in [5.74, 6) is 0.501. The molecule has 0 spiro atoms. The molecule has 0 fully saturated rings. The first-order valence-corrected chi connectivity index (χ1v) is 6.12. The SMILES string of the molecule is COCCN(CCCN(C)C)C(=O)CCCl. The van der Waals surface area contributed by atoms with Crippen LogP contribution >= 0.6 is 11.6 Å². The summed E-state index contributed by atoms with van der Waals surface area (Å²) in [6.45, 7) is 2.99. The van der Waals surface area contributed by atoms with E-state index >= 15 is 0 Å². The topological polar surface area (TPSA) is 32.8 Å². The Labute approximate surface area is 103 Å². The molecule has 0 bridgehead atoms. The zero-order chi connectivity index (χ0) is 12.4. The molecule has 0 N–H and O–H groups in total. The normalized spacial score (nSPS) is 10.8. The van der Waals surface area contributed by atoms with Crippen molar-refractivity contribution in [2.45, 2.75) is 12.8 Å². The molecule has 0 aromatic rings. The molecule has 0 aliphatic rings. The van der Waals surface area contributed by atoms with Gasteiger partial charge in [0.1, 0.15) is 0 Å². The van der Waals surface area contributed by atoms with Gasteiger partial charge in [-0.15, -0.1) is 11.6 Å². The molecule has 0 aromatic carbocycles. The van der Waals surface area contributed by atoms with Gasteiger partial charge in [0.05, 0.1) is 6.61 Å². The Bertz CT molecular complexity index is 189. The van der Waals surface area contributed by atoms with Crippen LogP contribution in [0.2, 0.25) is 0 Å². The quantitative estimate of drug-likeness (QED) is 0.574. The van der Waals surface area contributed by atoms with Crippen LogP contribution in [0.1, 0.15) is 12.8 Å². The van der Waals surface area contributed by atoms with Crippen LogP contribution in [0.25, 0.3) is 0 Å². The van der Waals surface area contributed by atoms with Gasteiger partial charge in [-0.1, -0.05) is 0 Å². The third kappa shape index (κ3) is 7.91. The summed E-state index contributed by atoms with van der Waals surface area (Å²) in [6, 6.07) is 0. The van der Waals surface area contributed by atoms with Gasteiger partial charge in [-0.2, -0.15) is 0 Å². The lowest BCUT2D eigenvalue weighted by atomic mass is 10.3. The second-order valence-electron chi connectivity index (χ2n) is 3.97. The standard InChI is InChI=1S/C11H23ClN2O2/c1-13(2)7-4-8-14(9-10-16-3)11(15)5-6-12/h4-10H2,1-3H3. The molecule has 0 aromatic heterocycles. The highest BCUT2D eigenvalue weighted by molar-refractivity contribution is 6.18. The van der Waals surface area contributed by atoms with E-state index in [0.29, 0.717) is 25.5 Å². The van der Waals surface area contributed by atoms with Crippen molar-refractivity contribution < 1.29 is 9.53 Å². The van der Waals surface area contributed by atoms with Crippen LogP contribution in [0.5, 0.6) is 0 Å². The predicted molar refractivity (Wildman–Crippen MR) is 67.0 cm³/mol. The molecule has 0 aliphatic heterocycles. The van der Waals surface area contributed by atoms with Crippen molar-refractivity contribution in [1.29, 1.82) is 0 Å². The van der Waals surface area contributed by atoms with Gasteiger partial charge < -0.3 is 14.5 Å². The van der Waals surface area contributed by atoms with Crippen molar-refractivity contribution in [3.8, 4) is 0 Å². The molecule has 1 amide bonds. The van der Waals surface area contributed by atoms with Gasteiger partial charge in [0.25, 0.3) is 0 Å². The van der Waals surface area contributed by atoms with Crippen LogP contribution in [0.15, 0.2) is 0 Å². The van der Waals surface area contributed by atoms with Crippen molar-refractivity contribution >= 4 is 17.5 Å². The average Bonchev–Trinajstić information content (AvgIpc) is 2.22. The number of hydrogen-bond donors (Lipinski definition) is 0. The molecule has 0 unspecified atom stereocenters. The van der Waals surface area contributed by atoms with Crippen molar-refractivity contribution in [2.75, 3.05) is 53.3 Å². The minimum atomic E-state index is 0.116. The van der Waals surface area contributed by atoms with Gasteiger partial charge in [0.2, 0.25) is 5.91 Å². The van der Waals surface area contributed by atoms with Gasteiger partial charge in [0.15, 0.2) is 0 Å². The van der Waals surface area contributed by atoms with Gasteiger partial charge >= 0.3 is 0 Å². The first kappa shape index (κ1) is 15.7. The Morgan fingerprint density at radius 2 is 1.94 bits per heavy atom. The largest absolute Gasteiger partial charge is 0.383 e. The molecule has 0 aliphatic carbocycles. The third-order valence-electron chi connectivity index (χ3n) is 2.26. The monoisotopic (exact) mass is 250 g/mol. The lowest BCUT2D eigenvalue weighted by Gasteiger charge is -2.23. The maximum absolute atomic E-state index is 11.7. The van der Waals surface area contributed by atoms with E-state index in [1.807, 2.05) is 19.0 Å². The van der Waals surface area contributed by atoms with Crippen molar-refractivity contribution in [3.63, 3.8) is 0 Å². The van der Waals surface area contributed by atoms with Gasteiger partial charge in [-0.25, -0.2) is 0 Å². The minimum Gasteiger partial charge on any atom is -0.383 e. The number of nitrogens with zero attached hydrogens (tertiary/aromatic N) is 2. The van der Waals surface area contributed by atoms with E-state index in [2.05, 4.69) is 4.90 Å². The summed E-state index contributed by atoms with van der Waals surface area (Å²) in [6.07, 6.45) is 1.39. The lowest BCUT2D eigenvalue weighted by molar-refractivity contribution is -0.131. The second kappa shape index (κ2) is 9.87. The number of methoxy groups -OCH3 is 1. The summed E-state index contributed by atoms with van der Waals surface area (Å²) >= 11 is 5.57. The number of halogens is 1. The Balaban J connectivity index is 3.94. The van der Waals surface area contributed by atoms with E-state index in [1.54, 1.807) is 7.11 Å². The van der Waals surface area contributed by atoms with E-state index in [1.165, 1.54) is 0 Å². The molecular formula is C11H23ClN2O2. The van der Waals surface area contributed by atoms with Gasteiger partial charge in [0, 0.05) is 32.5 Å². The number of rotatable bonds is 9. The van der Waals surface area contributed by atoms with Crippen LogP contribution in [0.3, 0.4) is 0 Å². The van der Waals surface area contributed by atoms with Crippen LogP contribution < -0.4 is 0 Å². The van der Waals surface area contributed by atoms with E-state index in [9.17, 15) is 4.79 Å². The molecule has 0 heterocycles. The fourth-order valence-electron chi connectivity index (χ4n) is 1.38. The maximum atomic E-state index is 11.7. The lowest BCUT2D eigenvalue weighted by Crippen LogP contribution is -2.36. The molecule has 0 saturated carbocycles. The first-order valence-electron chi connectivity index (χ1n) is 5.59. The molecular weight excluding hydrogens is 228 g/mol. The third-order valence-corrected chi connectivity index (χ3v) is 2.45. The fourth-order valence-corrected chi connectivity index (χ4v) is 1.54. The van der Waals surface area contributed by atoms with E-state index in [-0.39, 0.29) is 5.91 Å². The summed E-state index contributed by atoms with van der Waals surface area (Å²) in [5, 5.41) is 0. The van der Waals surface area contributed by atoms with Crippen molar-refractivity contribution in [1.82, 2.24) is 9.80 Å². The fraction of sp³-hybridized carbons (Fsp3) is 0.909. The Kier molecular flexibility index (Phi) is 9.68. The molecule has 0 atom stereocenters. The van der Waals surface area contributed by atoms with E-state index < -0.39 is 0 Å². The molecule has 4 nitrogen and oxygen atoms in total. The van der Waals surface area contributed by atoms with Crippen LogP contribution in [-0.2, 0) is 9.53 Å². The number of carbonyl (C=O) groups is 1. The highest BCUT2D eigenvalue weighted by atomic mass is 35.5. The summed E-state index contributed by atoms with van der Waals surface area (Å²) in [5.41, 5.74) is 0. The van der Waals surface area contributed by atoms with E-state index in [0.717, 1.165) is 19.5 Å². The number of carbonyl (C=O) groups excluding carboxylic acids is 1. The number of hydrogen-bond acceptors (Lipinski definition) is 3. The summed E-state index contributed by atoms with van der Waals surface area (Å²) in [7, 11) is 5.70. The minimum absolute atomic E-state index is 0.116. The highest BCUT2D eigenvalue weighted by Gasteiger charge is 2.11. The molecule has 5 heteroatoms. The van der Waals surface area contributed by atoms with E-state index in [4.69, 9.17) is 16.3 Å². The maximum Gasteiger partial charge on any atom is 0.223 e. The average molecular weight is 251 g/mol. The van der Waals surface area contributed by atoms with Crippen LogP contribution in [0.4, 0.5) is 0 Å². The zero-order valence-electron chi connectivity index (χ0n) is 10.5. The first-order chi connectivity index (χ1) is 7.61. The summed E-state index contributed by atoms with van der Waals surface area (Å²) < 4.78 is 4.99. The Morgan fingerprint density at radius 1 is 1.25 bits per heavy atom. The summed E-state index contributed by atoms with van der Waals surface area (Å²) in [4.78, 5) is 15.6. The number of ether oxygens (including phenoxy) is 1.